The molecule has 1 amide bonds. The lowest BCUT2D eigenvalue weighted by Crippen LogP contribution is -2.43. The van der Waals surface area contributed by atoms with Gasteiger partial charge in [-0.1, -0.05) is 0 Å². The van der Waals surface area contributed by atoms with Crippen LogP contribution in [0.2, 0.25) is 0 Å². The SMILES string of the molecule is CN1C(S)C1C(=O)Nc1cnccc1N1CCNCC1. The van der Waals surface area contributed by atoms with Crippen molar-refractivity contribution >= 4 is 29.9 Å². The largest absolute Gasteiger partial charge is 0.367 e. The molecular formula is C13H19N5OS. The Morgan fingerprint density at radius 1 is 1.50 bits per heavy atom. The molecule has 3 atom stereocenters. The van der Waals surface area contributed by atoms with Gasteiger partial charge in [0.2, 0.25) is 5.91 Å². The molecule has 3 unspecified atom stereocenters. The van der Waals surface area contributed by atoms with Gasteiger partial charge in [0.05, 0.1) is 22.9 Å². The zero-order valence-electron chi connectivity index (χ0n) is 11.4. The van der Waals surface area contributed by atoms with E-state index in [-0.39, 0.29) is 17.3 Å². The molecule has 20 heavy (non-hydrogen) atoms. The van der Waals surface area contributed by atoms with Gasteiger partial charge in [-0.05, 0) is 13.1 Å². The third-order valence-electron chi connectivity index (χ3n) is 3.83. The van der Waals surface area contributed by atoms with E-state index < -0.39 is 0 Å². The van der Waals surface area contributed by atoms with Crippen LogP contribution in [0.1, 0.15) is 0 Å². The van der Waals surface area contributed by atoms with Crippen LogP contribution in [0, 0.1) is 0 Å². The fraction of sp³-hybridized carbons (Fsp3) is 0.538. The van der Waals surface area contributed by atoms with Crippen molar-refractivity contribution < 1.29 is 4.79 Å². The molecular weight excluding hydrogens is 274 g/mol. The predicted octanol–water partition coefficient (Wildman–Crippen LogP) is -0.000400. The highest BCUT2D eigenvalue weighted by Crippen LogP contribution is 2.31. The fourth-order valence-electron chi connectivity index (χ4n) is 2.51. The minimum atomic E-state index is -0.144. The lowest BCUT2D eigenvalue weighted by molar-refractivity contribution is -0.116. The number of thiol groups is 1. The second-order valence-electron chi connectivity index (χ2n) is 5.14. The van der Waals surface area contributed by atoms with Gasteiger partial charge in [0.25, 0.3) is 0 Å². The molecule has 1 aromatic rings. The lowest BCUT2D eigenvalue weighted by atomic mass is 10.2. The summed E-state index contributed by atoms with van der Waals surface area (Å²) in [7, 11) is 1.89. The summed E-state index contributed by atoms with van der Waals surface area (Å²) in [4.78, 5) is 20.5. The number of carbonyl (C=O) groups excluding carboxylic acids is 1. The summed E-state index contributed by atoms with van der Waals surface area (Å²) in [5.74, 6) is -0.0168. The maximum absolute atomic E-state index is 12.2. The Morgan fingerprint density at radius 2 is 2.20 bits per heavy atom. The first-order valence-electron chi connectivity index (χ1n) is 6.79. The van der Waals surface area contributed by atoms with Crippen molar-refractivity contribution in [1.29, 1.82) is 0 Å². The highest BCUT2D eigenvalue weighted by atomic mass is 32.1. The highest BCUT2D eigenvalue weighted by molar-refractivity contribution is 7.81. The van der Waals surface area contributed by atoms with Crippen molar-refractivity contribution in [3.8, 4) is 0 Å². The van der Waals surface area contributed by atoms with E-state index in [0.29, 0.717) is 0 Å². The van der Waals surface area contributed by atoms with Crippen molar-refractivity contribution in [2.75, 3.05) is 43.4 Å². The number of hydrogen-bond donors (Lipinski definition) is 3. The molecule has 2 aliphatic heterocycles. The number of amides is 1. The summed E-state index contributed by atoms with van der Waals surface area (Å²) in [5, 5.41) is 6.32. The Labute approximate surface area is 123 Å². The molecule has 2 saturated heterocycles. The molecule has 0 spiro atoms. The third-order valence-corrected chi connectivity index (χ3v) is 4.48. The molecule has 2 N–H and O–H groups in total. The minimum Gasteiger partial charge on any atom is -0.367 e. The van der Waals surface area contributed by atoms with E-state index in [4.69, 9.17) is 0 Å². The molecule has 3 heterocycles. The Balaban J connectivity index is 1.74. The number of likely N-dealkylation sites (N-methyl/N-ethyl adjacent to an activating group) is 1. The van der Waals surface area contributed by atoms with Crippen molar-refractivity contribution in [2.24, 2.45) is 0 Å². The van der Waals surface area contributed by atoms with Crippen molar-refractivity contribution in [3.63, 3.8) is 0 Å². The van der Waals surface area contributed by atoms with Gasteiger partial charge in [-0.3, -0.25) is 14.7 Å². The maximum Gasteiger partial charge on any atom is 0.244 e. The number of pyridine rings is 1. The topological polar surface area (TPSA) is 60.3 Å². The van der Waals surface area contributed by atoms with Gasteiger partial charge in [-0.25, -0.2) is 0 Å². The second kappa shape index (κ2) is 5.59. The summed E-state index contributed by atoms with van der Waals surface area (Å²) >= 11 is 4.33. The quantitative estimate of drug-likeness (QED) is 0.541. The number of carbonyl (C=O) groups is 1. The van der Waals surface area contributed by atoms with E-state index in [1.807, 2.05) is 18.0 Å². The van der Waals surface area contributed by atoms with Crippen LogP contribution in [-0.2, 0) is 4.79 Å². The van der Waals surface area contributed by atoms with Gasteiger partial charge >= 0.3 is 0 Å². The molecule has 1 aromatic heterocycles. The number of aromatic nitrogens is 1. The molecule has 7 heteroatoms. The molecule has 2 aliphatic rings. The van der Waals surface area contributed by atoms with Crippen molar-refractivity contribution in [3.05, 3.63) is 18.5 Å². The van der Waals surface area contributed by atoms with Gasteiger partial charge in [-0.2, -0.15) is 12.6 Å². The van der Waals surface area contributed by atoms with E-state index in [1.165, 1.54) is 0 Å². The van der Waals surface area contributed by atoms with Gasteiger partial charge in [0.1, 0.15) is 6.04 Å². The van der Waals surface area contributed by atoms with Crippen LogP contribution < -0.4 is 15.5 Å². The maximum atomic E-state index is 12.2. The van der Waals surface area contributed by atoms with Crippen LogP contribution in [0.3, 0.4) is 0 Å². The van der Waals surface area contributed by atoms with Crippen LogP contribution in [0.5, 0.6) is 0 Å². The molecule has 0 radical (unpaired) electrons. The van der Waals surface area contributed by atoms with Crippen LogP contribution in [-0.4, -0.2) is 60.4 Å². The summed E-state index contributed by atoms with van der Waals surface area (Å²) < 4.78 is 0. The van der Waals surface area contributed by atoms with Crippen molar-refractivity contribution in [2.45, 2.75) is 11.4 Å². The monoisotopic (exact) mass is 293 g/mol. The van der Waals surface area contributed by atoms with E-state index in [2.05, 4.69) is 33.1 Å². The van der Waals surface area contributed by atoms with Gasteiger partial charge < -0.3 is 15.5 Å². The normalized spacial score (nSPS) is 29.1. The van der Waals surface area contributed by atoms with Crippen LogP contribution in [0.25, 0.3) is 0 Å². The zero-order chi connectivity index (χ0) is 14.1. The molecule has 0 aliphatic carbocycles. The molecule has 0 bridgehead atoms. The molecule has 3 rings (SSSR count). The number of nitrogens with one attached hydrogen (secondary N) is 2. The number of anilines is 2. The Hall–Kier alpha value is -1.31. The average molecular weight is 293 g/mol. The number of nitrogens with zero attached hydrogens (tertiary/aromatic N) is 3. The lowest BCUT2D eigenvalue weighted by Gasteiger charge is -2.30. The van der Waals surface area contributed by atoms with E-state index in [9.17, 15) is 4.79 Å². The fourth-order valence-corrected chi connectivity index (χ4v) is 2.93. The average Bonchev–Trinajstić information content (AvgIpc) is 3.08. The smallest absolute Gasteiger partial charge is 0.244 e. The Bertz CT molecular complexity index is 497. The zero-order valence-corrected chi connectivity index (χ0v) is 12.3. The van der Waals surface area contributed by atoms with Crippen LogP contribution in [0.4, 0.5) is 11.4 Å². The van der Waals surface area contributed by atoms with E-state index >= 15 is 0 Å². The summed E-state index contributed by atoms with van der Waals surface area (Å²) in [6.45, 7) is 3.79. The first-order valence-corrected chi connectivity index (χ1v) is 7.30. The number of rotatable bonds is 3. The molecule has 2 fully saturated rings. The summed E-state index contributed by atoms with van der Waals surface area (Å²) in [6.07, 6.45) is 3.48. The third kappa shape index (κ3) is 2.61. The minimum absolute atomic E-state index is 0.0168. The summed E-state index contributed by atoms with van der Waals surface area (Å²) in [5.41, 5.74) is 1.81. The van der Waals surface area contributed by atoms with E-state index in [0.717, 1.165) is 37.6 Å². The van der Waals surface area contributed by atoms with E-state index in [1.54, 1.807) is 12.4 Å². The number of hydrogen-bond acceptors (Lipinski definition) is 6. The summed E-state index contributed by atoms with van der Waals surface area (Å²) in [6, 6.07) is 1.81. The predicted molar refractivity (Wildman–Crippen MR) is 82.3 cm³/mol. The molecule has 6 nitrogen and oxygen atoms in total. The Kier molecular flexibility index (Phi) is 3.82. The Morgan fingerprint density at radius 3 is 2.85 bits per heavy atom. The second-order valence-corrected chi connectivity index (χ2v) is 5.67. The number of piperazine rings is 1. The highest BCUT2D eigenvalue weighted by Gasteiger charge is 2.47. The van der Waals surface area contributed by atoms with Gasteiger partial charge in [0, 0.05) is 32.4 Å². The van der Waals surface area contributed by atoms with Gasteiger partial charge in [0.15, 0.2) is 0 Å². The van der Waals surface area contributed by atoms with Crippen molar-refractivity contribution in [1.82, 2.24) is 15.2 Å². The standard InChI is InChI=1S/C13H19N5OS/c1-17-11(13(17)20)12(19)16-9-8-15-3-2-10(9)18-6-4-14-5-7-18/h2-3,8,11,13-14,20H,4-7H2,1H3,(H,16,19). The first-order chi connectivity index (χ1) is 9.68. The van der Waals surface area contributed by atoms with Crippen LogP contribution >= 0.6 is 12.6 Å². The van der Waals surface area contributed by atoms with Crippen LogP contribution in [0.15, 0.2) is 18.5 Å². The first kappa shape index (κ1) is 13.7. The molecule has 0 saturated carbocycles. The molecule has 108 valence electrons. The van der Waals surface area contributed by atoms with Gasteiger partial charge in [-0.15, -0.1) is 0 Å². The molecule has 0 aromatic carbocycles.